The molecule has 132 valence electrons. The van der Waals surface area contributed by atoms with Crippen molar-refractivity contribution in [3.63, 3.8) is 0 Å². The molecule has 0 saturated carbocycles. The van der Waals surface area contributed by atoms with Gasteiger partial charge in [-0.3, -0.25) is 0 Å². The summed E-state index contributed by atoms with van der Waals surface area (Å²) in [5.74, 6) is -0.383. The lowest BCUT2D eigenvalue weighted by Crippen LogP contribution is -2.53. The summed E-state index contributed by atoms with van der Waals surface area (Å²) in [4.78, 5) is 0. The number of nitriles is 1. The van der Waals surface area contributed by atoms with Gasteiger partial charge >= 0.3 is 7.12 Å². The molecule has 0 bridgehead atoms. The lowest BCUT2D eigenvalue weighted by molar-refractivity contribution is 0.393. The van der Waals surface area contributed by atoms with Gasteiger partial charge in [0, 0.05) is 5.92 Å². The molecule has 24 heavy (non-hydrogen) atoms. The average molecular weight is 345 g/mol. The van der Waals surface area contributed by atoms with Gasteiger partial charge in [0.05, 0.1) is 14.1 Å². The Hall–Kier alpha value is -1.09. The Balaban J connectivity index is 3.63. The highest BCUT2D eigenvalue weighted by Gasteiger charge is 2.52. The van der Waals surface area contributed by atoms with Gasteiger partial charge in [0.15, 0.2) is 0 Å². The molecule has 2 unspecified atom stereocenters. The number of nitrogens with zero attached hydrogens (tertiary/aromatic N) is 1. The first kappa shape index (κ1) is 21.0. The van der Waals surface area contributed by atoms with E-state index in [9.17, 15) is 15.3 Å². The van der Waals surface area contributed by atoms with Gasteiger partial charge in [-0.1, -0.05) is 88.5 Å². The van der Waals surface area contributed by atoms with Crippen LogP contribution in [0.3, 0.4) is 0 Å². The van der Waals surface area contributed by atoms with Gasteiger partial charge < -0.3 is 10.0 Å². The Kier molecular flexibility index (Phi) is 7.72. The van der Waals surface area contributed by atoms with Crippen LogP contribution in [0, 0.1) is 17.2 Å². The third-order valence-electron chi connectivity index (χ3n) is 5.73. The van der Waals surface area contributed by atoms with Crippen LogP contribution < -0.4 is 0 Å². The van der Waals surface area contributed by atoms with Crippen LogP contribution in [-0.2, 0) is 0 Å². The minimum absolute atomic E-state index is 0.0884. The normalized spacial score (nSPS) is 14.8. The predicted octanol–water partition coefficient (Wildman–Crippen LogP) is 4.60. The summed E-state index contributed by atoms with van der Waals surface area (Å²) in [5.41, 5.74) is 2.75. The zero-order chi connectivity index (χ0) is 18.5. The molecule has 0 heterocycles. The van der Waals surface area contributed by atoms with E-state index in [0.29, 0.717) is 16.6 Å². The quantitative estimate of drug-likeness (QED) is 0.677. The molecule has 0 saturated heterocycles. The fourth-order valence-electron chi connectivity index (χ4n) is 5.10. The summed E-state index contributed by atoms with van der Waals surface area (Å²) in [6.07, 6.45) is 0.108. The second-order valence-electron chi connectivity index (χ2n) is 7.80. The highest BCUT2D eigenvalue weighted by atomic mass is 28.3. The maximum Gasteiger partial charge on any atom is 0.452 e. The highest BCUT2D eigenvalue weighted by molar-refractivity contribution is 6.84. The molecule has 0 aliphatic carbocycles. The van der Waals surface area contributed by atoms with Crippen LogP contribution in [0.15, 0.2) is 30.3 Å². The van der Waals surface area contributed by atoms with Gasteiger partial charge in [-0.2, -0.15) is 5.26 Å². The van der Waals surface area contributed by atoms with E-state index in [4.69, 9.17) is 0 Å². The minimum Gasteiger partial charge on any atom is -0.427 e. The van der Waals surface area contributed by atoms with Gasteiger partial charge in [0.25, 0.3) is 0 Å². The van der Waals surface area contributed by atoms with Crippen LogP contribution in [0.1, 0.15) is 52.6 Å². The van der Waals surface area contributed by atoms with Gasteiger partial charge in [-0.05, 0) is 17.4 Å². The molecule has 0 aromatic heterocycles. The summed E-state index contributed by atoms with van der Waals surface area (Å²) >= 11 is 0. The van der Waals surface area contributed by atoms with Crippen molar-refractivity contribution >= 4 is 15.2 Å². The minimum atomic E-state index is -1.99. The largest absolute Gasteiger partial charge is 0.452 e. The zero-order valence-corrected chi connectivity index (χ0v) is 16.9. The van der Waals surface area contributed by atoms with Crippen LogP contribution in [0.2, 0.25) is 22.9 Å². The summed E-state index contributed by atoms with van der Waals surface area (Å²) in [6.45, 7) is 13.7. The van der Waals surface area contributed by atoms with Crippen LogP contribution in [0.5, 0.6) is 0 Å². The van der Waals surface area contributed by atoms with Crippen molar-refractivity contribution in [2.24, 2.45) is 5.92 Å². The first-order chi connectivity index (χ1) is 11.2. The Morgan fingerprint density at radius 1 is 0.958 bits per heavy atom. The molecule has 0 amide bonds. The van der Waals surface area contributed by atoms with Gasteiger partial charge in [0.2, 0.25) is 0 Å². The molecular formula is C19H32BNO2Si. The van der Waals surface area contributed by atoms with Crippen LogP contribution >= 0.6 is 0 Å². The van der Waals surface area contributed by atoms with Crippen LogP contribution in [0.25, 0.3) is 0 Å². The van der Waals surface area contributed by atoms with E-state index in [1.54, 1.807) is 0 Å². The van der Waals surface area contributed by atoms with Crippen molar-refractivity contribution < 1.29 is 10.0 Å². The van der Waals surface area contributed by atoms with E-state index in [1.165, 1.54) is 5.56 Å². The number of benzene rings is 1. The van der Waals surface area contributed by atoms with E-state index >= 15 is 0 Å². The van der Waals surface area contributed by atoms with Crippen molar-refractivity contribution in [3.8, 4) is 6.07 Å². The number of hydrogen-bond donors (Lipinski definition) is 2. The second kappa shape index (κ2) is 8.85. The molecule has 1 aromatic carbocycles. The first-order valence-electron chi connectivity index (χ1n) is 9.00. The highest BCUT2D eigenvalue weighted by Crippen LogP contribution is 2.53. The van der Waals surface area contributed by atoms with Crippen molar-refractivity contribution in [3.05, 3.63) is 35.9 Å². The number of hydrogen-bond acceptors (Lipinski definition) is 3. The smallest absolute Gasteiger partial charge is 0.427 e. The molecule has 1 rings (SSSR count). The van der Waals surface area contributed by atoms with Crippen LogP contribution in [0.4, 0.5) is 0 Å². The molecule has 2 N–H and O–H groups in total. The molecule has 0 spiro atoms. The Morgan fingerprint density at radius 3 is 1.75 bits per heavy atom. The van der Waals surface area contributed by atoms with E-state index in [1.807, 2.05) is 18.2 Å². The standard InChI is InChI=1S/C19H32BNO2Si/c1-14(2)24(15(3)4,16(5)6)19(17-10-8-7-9-11-17)18(13-21)12-20(22)23/h7-11,14-16,18-19,22-23H,12H2,1-6H3. The van der Waals surface area contributed by atoms with Crippen LogP contribution in [-0.4, -0.2) is 25.2 Å². The zero-order valence-electron chi connectivity index (χ0n) is 15.9. The molecule has 3 nitrogen and oxygen atoms in total. The van der Waals surface area contributed by atoms with E-state index in [-0.39, 0.29) is 17.8 Å². The van der Waals surface area contributed by atoms with E-state index in [0.717, 1.165) is 0 Å². The summed E-state index contributed by atoms with van der Waals surface area (Å²) in [7, 11) is -3.44. The lowest BCUT2D eigenvalue weighted by atomic mass is 9.76. The molecule has 0 radical (unpaired) electrons. The Bertz CT molecular complexity index is 518. The fourth-order valence-corrected chi connectivity index (χ4v) is 12.9. The third-order valence-corrected chi connectivity index (χ3v) is 13.5. The second-order valence-corrected chi connectivity index (χ2v) is 13.9. The van der Waals surface area contributed by atoms with Gasteiger partial charge in [-0.15, -0.1) is 0 Å². The molecule has 1 aromatic rings. The van der Waals surface area contributed by atoms with Crippen molar-refractivity contribution in [1.82, 2.24) is 0 Å². The molecule has 2 atom stereocenters. The molecular weight excluding hydrogens is 313 g/mol. The monoisotopic (exact) mass is 345 g/mol. The average Bonchev–Trinajstić information content (AvgIpc) is 2.49. The van der Waals surface area contributed by atoms with E-state index < -0.39 is 15.2 Å². The molecule has 0 aliphatic rings. The summed E-state index contributed by atoms with van der Waals surface area (Å²) in [5, 5.41) is 29.0. The third kappa shape index (κ3) is 4.11. The van der Waals surface area contributed by atoms with E-state index in [2.05, 4.69) is 59.7 Å². The molecule has 0 fully saturated rings. The number of rotatable bonds is 8. The predicted molar refractivity (Wildman–Crippen MR) is 104 cm³/mol. The van der Waals surface area contributed by atoms with Crippen molar-refractivity contribution in [2.45, 2.75) is 70.0 Å². The Morgan fingerprint density at radius 2 is 1.42 bits per heavy atom. The van der Waals surface area contributed by atoms with Gasteiger partial charge in [-0.25, -0.2) is 0 Å². The molecule has 0 aliphatic heterocycles. The van der Waals surface area contributed by atoms with Crippen molar-refractivity contribution in [1.29, 1.82) is 5.26 Å². The topological polar surface area (TPSA) is 64.2 Å². The maximum atomic E-state index is 9.87. The maximum absolute atomic E-state index is 9.87. The SMILES string of the molecule is CC(C)[Si](C(C)C)(C(C)C)C(c1ccccc1)C(C#N)CB(O)O. The summed E-state index contributed by atoms with van der Waals surface area (Å²) in [6, 6.07) is 12.7. The van der Waals surface area contributed by atoms with Gasteiger partial charge in [0.1, 0.15) is 0 Å². The molecule has 5 heteroatoms. The van der Waals surface area contributed by atoms with Crippen molar-refractivity contribution in [2.75, 3.05) is 0 Å². The first-order valence-corrected chi connectivity index (χ1v) is 11.3. The summed E-state index contributed by atoms with van der Waals surface area (Å²) < 4.78 is 0. The lowest BCUT2D eigenvalue weighted by Gasteiger charge is -2.50. The Labute approximate surface area is 148 Å². The fraction of sp³-hybridized carbons (Fsp3) is 0.632.